The summed E-state index contributed by atoms with van der Waals surface area (Å²) in [7, 11) is 0. The van der Waals surface area contributed by atoms with Gasteiger partial charge in [0, 0.05) is 12.6 Å². The zero-order valence-electron chi connectivity index (χ0n) is 12.1. The second-order valence-corrected chi connectivity index (χ2v) is 5.37. The van der Waals surface area contributed by atoms with Crippen LogP contribution in [0.5, 0.6) is 0 Å². The molecule has 112 valence electrons. The number of carbonyl (C=O) groups excluding carboxylic acids is 1. The van der Waals surface area contributed by atoms with Crippen LogP contribution in [0.15, 0.2) is 30.3 Å². The number of carbonyl (C=O) groups is 1. The molecule has 1 fully saturated rings. The quantitative estimate of drug-likeness (QED) is 0.847. The predicted octanol–water partition coefficient (Wildman–Crippen LogP) is 2.55. The molecule has 2 atom stereocenters. The second-order valence-electron chi connectivity index (χ2n) is 5.37. The van der Waals surface area contributed by atoms with Crippen LogP contribution < -0.4 is 10.6 Å². The molecule has 20 heavy (non-hydrogen) atoms. The largest absolute Gasteiger partial charge is 0.353 e. The van der Waals surface area contributed by atoms with E-state index in [2.05, 4.69) is 41.8 Å². The highest BCUT2D eigenvalue weighted by Gasteiger charge is 2.24. The number of hydrogen-bond acceptors (Lipinski definition) is 2. The van der Waals surface area contributed by atoms with E-state index in [-0.39, 0.29) is 30.3 Å². The van der Waals surface area contributed by atoms with E-state index in [9.17, 15) is 4.79 Å². The molecule has 3 nitrogen and oxygen atoms in total. The van der Waals surface area contributed by atoms with Crippen LogP contribution in [0.4, 0.5) is 0 Å². The first-order chi connectivity index (χ1) is 9.29. The van der Waals surface area contributed by atoms with Gasteiger partial charge in [-0.05, 0) is 31.4 Å². The summed E-state index contributed by atoms with van der Waals surface area (Å²) in [5.74, 6) is 0.384. The molecule has 0 bridgehead atoms. The van der Waals surface area contributed by atoms with Gasteiger partial charge in [-0.25, -0.2) is 0 Å². The van der Waals surface area contributed by atoms with Crippen LogP contribution in [0.1, 0.15) is 31.7 Å². The highest BCUT2D eigenvalue weighted by atomic mass is 35.5. The molecule has 1 heterocycles. The lowest BCUT2D eigenvalue weighted by atomic mass is 10.0. The Labute approximate surface area is 127 Å². The molecule has 2 unspecified atom stereocenters. The Morgan fingerprint density at radius 1 is 1.40 bits per heavy atom. The van der Waals surface area contributed by atoms with E-state index in [1.54, 1.807) is 0 Å². The van der Waals surface area contributed by atoms with Crippen molar-refractivity contribution in [2.45, 2.75) is 38.6 Å². The van der Waals surface area contributed by atoms with Gasteiger partial charge in [0.1, 0.15) is 0 Å². The lowest BCUT2D eigenvalue weighted by molar-refractivity contribution is -0.125. The summed E-state index contributed by atoms with van der Waals surface area (Å²) in [5.41, 5.74) is 1.30. The predicted molar refractivity (Wildman–Crippen MR) is 85.2 cm³/mol. The first-order valence-corrected chi connectivity index (χ1v) is 7.34. The van der Waals surface area contributed by atoms with Gasteiger partial charge >= 0.3 is 0 Å². The normalized spacial score (nSPS) is 19.1. The van der Waals surface area contributed by atoms with Gasteiger partial charge in [0.15, 0.2) is 0 Å². The Morgan fingerprint density at radius 3 is 2.75 bits per heavy atom. The standard InChI is InChI=1S/C16H24N2O.ClH/c1-2-6-15(11-13-7-4-3-5-8-13)18-16(19)14-9-10-17-12-14;/h3-5,7-8,14-15,17H,2,6,9-12H2,1H3,(H,18,19);1H. The third-order valence-electron chi connectivity index (χ3n) is 3.74. The fraction of sp³-hybridized carbons (Fsp3) is 0.562. The third kappa shape index (κ3) is 5.14. The van der Waals surface area contributed by atoms with Crippen LogP contribution in [0, 0.1) is 5.92 Å². The molecular weight excluding hydrogens is 272 g/mol. The molecule has 0 aliphatic carbocycles. The Balaban J connectivity index is 0.00000200. The van der Waals surface area contributed by atoms with Crippen LogP contribution in [-0.2, 0) is 11.2 Å². The van der Waals surface area contributed by atoms with Crippen LogP contribution >= 0.6 is 12.4 Å². The van der Waals surface area contributed by atoms with Gasteiger partial charge in [-0.15, -0.1) is 12.4 Å². The fourth-order valence-corrected chi connectivity index (χ4v) is 2.67. The van der Waals surface area contributed by atoms with Crippen molar-refractivity contribution in [3.63, 3.8) is 0 Å². The number of benzene rings is 1. The van der Waals surface area contributed by atoms with Crippen molar-refractivity contribution in [1.29, 1.82) is 0 Å². The molecule has 1 aliphatic heterocycles. The SMILES string of the molecule is CCCC(Cc1ccccc1)NC(=O)C1CCNC1.Cl. The third-order valence-corrected chi connectivity index (χ3v) is 3.74. The number of rotatable bonds is 6. The summed E-state index contributed by atoms with van der Waals surface area (Å²) >= 11 is 0. The zero-order chi connectivity index (χ0) is 13.5. The van der Waals surface area contributed by atoms with E-state index in [0.717, 1.165) is 38.8 Å². The van der Waals surface area contributed by atoms with Crippen molar-refractivity contribution in [2.75, 3.05) is 13.1 Å². The zero-order valence-corrected chi connectivity index (χ0v) is 12.9. The van der Waals surface area contributed by atoms with Gasteiger partial charge in [-0.3, -0.25) is 4.79 Å². The molecule has 0 saturated carbocycles. The maximum Gasteiger partial charge on any atom is 0.224 e. The van der Waals surface area contributed by atoms with Crippen molar-refractivity contribution in [3.05, 3.63) is 35.9 Å². The van der Waals surface area contributed by atoms with Crippen LogP contribution in [-0.4, -0.2) is 25.0 Å². The topological polar surface area (TPSA) is 41.1 Å². The summed E-state index contributed by atoms with van der Waals surface area (Å²) in [4.78, 5) is 12.2. The summed E-state index contributed by atoms with van der Waals surface area (Å²) in [6, 6.07) is 10.7. The molecule has 1 aliphatic rings. The molecule has 1 aromatic rings. The van der Waals surface area contributed by atoms with Gasteiger partial charge in [-0.1, -0.05) is 43.7 Å². The molecular formula is C16H25ClN2O. The van der Waals surface area contributed by atoms with Crippen molar-refractivity contribution in [1.82, 2.24) is 10.6 Å². The average molecular weight is 297 g/mol. The van der Waals surface area contributed by atoms with Gasteiger partial charge in [0.05, 0.1) is 5.92 Å². The molecule has 4 heteroatoms. The minimum absolute atomic E-state index is 0. The fourth-order valence-electron chi connectivity index (χ4n) is 2.67. The van der Waals surface area contributed by atoms with Crippen molar-refractivity contribution < 1.29 is 4.79 Å². The second kappa shape index (κ2) is 8.98. The summed E-state index contributed by atoms with van der Waals surface area (Å²) < 4.78 is 0. The summed E-state index contributed by atoms with van der Waals surface area (Å²) in [5, 5.41) is 6.48. The van der Waals surface area contributed by atoms with Crippen molar-refractivity contribution >= 4 is 18.3 Å². The lowest BCUT2D eigenvalue weighted by Crippen LogP contribution is -2.40. The van der Waals surface area contributed by atoms with E-state index in [4.69, 9.17) is 0 Å². The first-order valence-electron chi connectivity index (χ1n) is 7.34. The van der Waals surface area contributed by atoms with Crippen LogP contribution in [0.3, 0.4) is 0 Å². The van der Waals surface area contributed by atoms with Crippen LogP contribution in [0.2, 0.25) is 0 Å². The molecule has 2 N–H and O–H groups in total. The van der Waals surface area contributed by atoms with E-state index in [0.29, 0.717) is 0 Å². The van der Waals surface area contributed by atoms with Crippen molar-refractivity contribution in [3.8, 4) is 0 Å². The monoisotopic (exact) mass is 296 g/mol. The highest BCUT2D eigenvalue weighted by molar-refractivity contribution is 5.85. The minimum atomic E-state index is 0. The maximum absolute atomic E-state index is 12.2. The minimum Gasteiger partial charge on any atom is -0.353 e. The van der Waals surface area contributed by atoms with Gasteiger partial charge < -0.3 is 10.6 Å². The molecule has 1 amide bonds. The van der Waals surface area contributed by atoms with Gasteiger partial charge in [0.2, 0.25) is 5.91 Å². The smallest absolute Gasteiger partial charge is 0.224 e. The lowest BCUT2D eigenvalue weighted by Gasteiger charge is -2.20. The molecule has 2 rings (SSSR count). The first kappa shape index (κ1) is 17.0. The van der Waals surface area contributed by atoms with E-state index < -0.39 is 0 Å². The Hall–Kier alpha value is -1.06. The Bertz CT molecular complexity index is 391. The molecule has 0 radical (unpaired) electrons. The van der Waals surface area contributed by atoms with Gasteiger partial charge in [0.25, 0.3) is 0 Å². The average Bonchev–Trinajstić information content (AvgIpc) is 2.94. The molecule has 1 aromatic carbocycles. The number of hydrogen-bond donors (Lipinski definition) is 2. The molecule has 0 aromatic heterocycles. The number of halogens is 1. The Morgan fingerprint density at radius 2 is 2.15 bits per heavy atom. The van der Waals surface area contributed by atoms with E-state index in [1.807, 2.05) is 6.07 Å². The molecule has 0 spiro atoms. The maximum atomic E-state index is 12.2. The highest BCUT2D eigenvalue weighted by Crippen LogP contribution is 2.11. The van der Waals surface area contributed by atoms with E-state index in [1.165, 1.54) is 5.56 Å². The van der Waals surface area contributed by atoms with Gasteiger partial charge in [-0.2, -0.15) is 0 Å². The Kier molecular flexibility index (Phi) is 7.63. The van der Waals surface area contributed by atoms with Crippen molar-refractivity contribution in [2.24, 2.45) is 5.92 Å². The van der Waals surface area contributed by atoms with E-state index >= 15 is 0 Å². The summed E-state index contributed by atoms with van der Waals surface area (Å²) in [6.45, 7) is 3.96. The molecule has 1 saturated heterocycles. The number of nitrogens with one attached hydrogen (secondary N) is 2. The van der Waals surface area contributed by atoms with Crippen LogP contribution in [0.25, 0.3) is 0 Å². The summed E-state index contributed by atoms with van der Waals surface area (Å²) in [6.07, 6.45) is 4.04. The number of amides is 1.